The SMILES string of the molecule is CC(C(N)=S)N(C)C(=O)c1cncc(Br)c1. The summed E-state index contributed by atoms with van der Waals surface area (Å²) in [4.78, 5) is 17.7. The molecule has 4 nitrogen and oxygen atoms in total. The molecule has 1 amide bonds. The van der Waals surface area contributed by atoms with Gasteiger partial charge in [-0.15, -0.1) is 0 Å². The van der Waals surface area contributed by atoms with Crippen LogP contribution < -0.4 is 5.73 Å². The third-order valence-electron chi connectivity index (χ3n) is 2.26. The fourth-order valence-corrected chi connectivity index (χ4v) is 1.62. The summed E-state index contributed by atoms with van der Waals surface area (Å²) >= 11 is 8.11. The average Bonchev–Trinajstić information content (AvgIpc) is 2.26. The molecule has 1 aromatic heterocycles. The number of nitrogens with zero attached hydrogens (tertiary/aromatic N) is 2. The van der Waals surface area contributed by atoms with E-state index in [9.17, 15) is 4.79 Å². The number of hydrogen-bond acceptors (Lipinski definition) is 3. The van der Waals surface area contributed by atoms with E-state index in [0.29, 0.717) is 10.6 Å². The number of carbonyl (C=O) groups excluding carboxylic acids is 1. The van der Waals surface area contributed by atoms with Gasteiger partial charge in [-0.2, -0.15) is 0 Å². The number of hydrogen-bond donors (Lipinski definition) is 1. The number of aromatic nitrogens is 1. The van der Waals surface area contributed by atoms with Crippen molar-refractivity contribution in [1.82, 2.24) is 9.88 Å². The average molecular weight is 302 g/mol. The van der Waals surface area contributed by atoms with E-state index < -0.39 is 0 Å². The van der Waals surface area contributed by atoms with Crippen LogP contribution in [0.25, 0.3) is 0 Å². The summed E-state index contributed by atoms with van der Waals surface area (Å²) in [5, 5.41) is 0. The van der Waals surface area contributed by atoms with Gasteiger partial charge >= 0.3 is 0 Å². The van der Waals surface area contributed by atoms with Gasteiger partial charge < -0.3 is 10.6 Å². The van der Waals surface area contributed by atoms with Gasteiger partial charge in [-0.3, -0.25) is 9.78 Å². The van der Waals surface area contributed by atoms with Crippen molar-refractivity contribution in [3.8, 4) is 0 Å². The first-order valence-corrected chi connectivity index (χ1v) is 5.80. The molecule has 0 radical (unpaired) electrons. The van der Waals surface area contributed by atoms with E-state index in [2.05, 4.69) is 20.9 Å². The number of carbonyl (C=O) groups is 1. The number of thiocarbonyl (C=S) groups is 1. The number of amides is 1. The predicted octanol–water partition coefficient (Wildman–Crippen LogP) is 1.59. The number of halogens is 1. The van der Waals surface area contributed by atoms with E-state index in [-0.39, 0.29) is 11.9 Å². The van der Waals surface area contributed by atoms with Crippen LogP contribution >= 0.6 is 28.1 Å². The van der Waals surface area contributed by atoms with Gasteiger partial charge in [-0.1, -0.05) is 12.2 Å². The van der Waals surface area contributed by atoms with Gasteiger partial charge in [0.05, 0.1) is 16.6 Å². The van der Waals surface area contributed by atoms with Crippen LogP contribution in [0.2, 0.25) is 0 Å². The molecule has 0 saturated heterocycles. The smallest absolute Gasteiger partial charge is 0.255 e. The monoisotopic (exact) mass is 301 g/mol. The first kappa shape index (κ1) is 13.1. The van der Waals surface area contributed by atoms with Gasteiger partial charge in [0.1, 0.15) is 0 Å². The summed E-state index contributed by atoms with van der Waals surface area (Å²) in [7, 11) is 1.66. The molecule has 2 N–H and O–H groups in total. The largest absolute Gasteiger partial charge is 0.392 e. The number of nitrogens with two attached hydrogens (primary N) is 1. The zero-order valence-corrected chi connectivity index (χ0v) is 11.4. The summed E-state index contributed by atoms with van der Waals surface area (Å²) in [5.74, 6) is -0.158. The second-order valence-corrected chi connectivity index (χ2v) is 4.77. The highest BCUT2D eigenvalue weighted by Gasteiger charge is 2.19. The first-order chi connectivity index (χ1) is 7.43. The van der Waals surface area contributed by atoms with Crippen LogP contribution in [-0.4, -0.2) is 33.9 Å². The van der Waals surface area contributed by atoms with Crippen LogP contribution in [-0.2, 0) is 0 Å². The molecule has 16 heavy (non-hydrogen) atoms. The quantitative estimate of drug-likeness (QED) is 0.862. The van der Waals surface area contributed by atoms with Gasteiger partial charge in [-0.05, 0) is 28.9 Å². The minimum absolute atomic E-state index is 0.158. The summed E-state index contributed by atoms with van der Waals surface area (Å²) in [6, 6.07) is 1.43. The molecule has 6 heteroatoms. The van der Waals surface area contributed by atoms with Crippen LogP contribution in [0.5, 0.6) is 0 Å². The molecule has 0 bridgehead atoms. The number of pyridine rings is 1. The van der Waals surface area contributed by atoms with Gasteiger partial charge in [0.2, 0.25) is 0 Å². The molecule has 86 valence electrons. The second-order valence-electron chi connectivity index (χ2n) is 3.39. The van der Waals surface area contributed by atoms with E-state index in [1.54, 1.807) is 26.2 Å². The molecular formula is C10H12BrN3OS. The third kappa shape index (κ3) is 2.99. The third-order valence-corrected chi connectivity index (χ3v) is 3.04. The van der Waals surface area contributed by atoms with E-state index in [1.165, 1.54) is 11.1 Å². The van der Waals surface area contributed by atoms with Crippen molar-refractivity contribution in [2.24, 2.45) is 5.73 Å². The van der Waals surface area contributed by atoms with Gasteiger partial charge in [-0.25, -0.2) is 0 Å². The normalized spacial score (nSPS) is 11.9. The van der Waals surface area contributed by atoms with Crippen molar-refractivity contribution in [2.75, 3.05) is 7.05 Å². The predicted molar refractivity (Wildman–Crippen MR) is 70.3 cm³/mol. The Hall–Kier alpha value is -1.01. The molecule has 0 fully saturated rings. The fourth-order valence-electron chi connectivity index (χ4n) is 1.10. The fraction of sp³-hybridized carbons (Fsp3) is 0.300. The maximum Gasteiger partial charge on any atom is 0.255 e. The topological polar surface area (TPSA) is 59.2 Å². The Labute approximate surface area is 108 Å². The molecule has 1 atom stereocenters. The van der Waals surface area contributed by atoms with Crippen LogP contribution in [0.1, 0.15) is 17.3 Å². The molecule has 1 rings (SSSR count). The lowest BCUT2D eigenvalue weighted by Crippen LogP contribution is -2.42. The Morgan fingerprint density at radius 1 is 1.62 bits per heavy atom. The van der Waals surface area contributed by atoms with Crippen molar-refractivity contribution in [3.63, 3.8) is 0 Å². The highest BCUT2D eigenvalue weighted by atomic mass is 79.9. The van der Waals surface area contributed by atoms with Gasteiger partial charge in [0.25, 0.3) is 5.91 Å². The highest BCUT2D eigenvalue weighted by molar-refractivity contribution is 9.10. The summed E-state index contributed by atoms with van der Waals surface area (Å²) in [6.45, 7) is 1.78. The lowest BCUT2D eigenvalue weighted by molar-refractivity contribution is 0.0778. The first-order valence-electron chi connectivity index (χ1n) is 4.60. The van der Waals surface area contributed by atoms with Crippen molar-refractivity contribution >= 4 is 39.0 Å². The Morgan fingerprint density at radius 2 is 2.25 bits per heavy atom. The summed E-state index contributed by atoms with van der Waals surface area (Å²) in [6.07, 6.45) is 3.13. The second kappa shape index (κ2) is 5.36. The lowest BCUT2D eigenvalue weighted by atomic mass is 10.2. The van der Waals surface area contributed by atoms with Crippen LogP contribution in [0.4, 0.5) is 0 Å². The number of rotatable bonds is 3. The molecule has 1 aromatic rings. The minimum atomic E-state index is -0.276. The Morgan fingerprint density at radius 3 is 2.75 bits per heavy atom. The molecule has 0 aliphatic rings. The molecule has 0 saturated carbocycles. The standard InChI is InChI=1S/C10H12BrN3OS/c1-6(9(12)16)14(2)10(15)7-3-8(11)5-13-4-7/h3-6H,1-2H3,(H2,12,16). The maximum absolute atomic E-state index is 12.0. The van der Waals surface area contributed by atoms with Gasteiger partial charge in [0.15, 0.2) is 0 Å². The van der Waals surface area contributed by atoms with Crippen LogP contribution in [0, 0.1) is 0 Å². The van der Waals surface area contributed by atoms with E-state index in [1.807, 2.05) is 0 Å². The number of likely N-dealkylation sites (N-methyl/N-ethyl adjacent to an activating group) is 1. The van der Waals surface area contributed by atoms with Crippen molar-refractivity contribution in [1.29, 1.82) is 0 Å². The lowest BCUT2D eigenvalue weighted by Gasteiger charge is -2.23. The molecular weight excluding hydrogens is 290 g/mol. The molecule has 1 heterocycles. The Balaban J connectivity index is 2.90. The zero-order chi connectivity index (χ0) is 12.3. The van der Waals surface area contributed by atoms with E-state index >= 15 is 0 Å². The Kier molecular flexibility index (Phi) is 4.37. The van der Waals surface area contributed by atoms with Gasteiger partial charge in [0, 0.05) is 23.9 Å². The highest BCUT2D eigenvalue weighted by Crippen LogP contribution is 2.12. The van der Waals surface area contributed by atoms with Crippen molar-refractivity contribution < 1.29 is 4.79 Å². The molecule has 0 aromatic carbocycles. The van der Waals surface area contributed by atoms with E-state index in [0.717, 1.165) is 4.47 Å². The van der Waals surface area contributed by atoms with Crippen LogP contribution in [0.3, 0.4) is 0 Å². The molecule has 0 spiro atoms. The maximum atomic E-state index is 12.0. The Bertz CT molecular complexity index is 424. The van der Waals surface area contributed by atoms with Crippen molar-refractivity contribution in [2.45, 2.75) is 13.0 Å². The van der Waals surface area contributed by atoms with E-state index in [4.69, 9.17) is 18.0 Å². The summed E-state index contributed by atoms with van der Waals surface area (Å²) in [5.41, 5.74) is 6.00. The molecule has 1 unspecified atom stereocenters. The zero-order valence-electron chi connectivity index (χ0n) is 8.98. The molecule has 0 aliphatic carbocycles. The minimum Gasteiger partial charge on any atom is -0.392 e. The molecule has 0 aliphatic heterocycles. The van der Waals surface area contributed by atoms with Crippen molar-refractivity contribution in [3.05, 3.63) is 28.5 Å². The summed E-state index contributed by atoms with van der Waals surface area (Å²) < 4.78 is 0.759. The van der Waals surface area contributed by atoms with Crippen LogP contribution in [0.15, 0.2) is 22.9 Å².